The van der Waals surface area contributed by atoms with Crippen LogP contribution in [-0.4, -0.2) is 16.3 Å². The molecule has 1 fully saturated rings. The molecule has 1 heterocycles. The molecular formula is C17H26N4O2+2. The Balaban J connectivity index is 1.78. The van der Waals surface area contributed by atoms with E-state index in [-0.39, 0.29) is 6.04 Å². The second kappa shape index (κ2) is 5.83. The highest BCUT2D eigenvalue weighted by atomic mass is 16.5. The number of nitrogens with zero attached hydrogens (tertiary/aromatic N) is 2. The molecule has 23 heavy (non-hydrogen) atoms. The highest BCUT2D eigenvalue weighted by molar-refractivity contribution is 5.66. The van der Waals surface area contributed by atoms with Crippen molar-refractivity contribution < 1.29 is 14.5 Å². The van der Waals surface area contributed by atoms with E-state index in [1.54, 1.807) is 24.3 Å². The summed E-state index contributed by atoms with van der Waals surface area (Å²) in [7, 11) is 0. The van der Waals surface area contributed by atoms with Crippen molar-refractivity contribution in [2.24, 2.45) is 11.3 Å². The molecule has 124 valence electrons. The Bertz CT molecular complexity index is 755. The van der Waals surface area contributed by atoms with Gasteiger partial charge in [0.15, 0.2) is 0 Å². The second-order valence-corrected chi connectivity index (χ2v) is 7.61. The van der Waals surface area contributed by atoms with Crippen LogP contribution in [0.25, 0.3) is 11.0 Å². The van der Waals surface area contributed by atoms with Crippen molar-refractivity contribution in [1.29, 1.82) is 0 Å². The van der Waals surface area contributed by atoms with Crippen molar-refractivity contribution in [2.45, 2.75) is 52.5 Å². The topological polar surface area (TPSA) is 74.9 Å². The van der Waals surface area contributed by atoms with Gasteiger partial charge in [0.1, 0.15) is 0 Å². The van der Waals surface area contributed by atoms with Gasteiger partial charge < -0.3 is 5.21 Å². The molecule has 6 heteroatoms. The first-order valence-corrected chi connectivity index (χ1v) is 8.31. The van der Waals surface area contributed by atoms with Crippen LogP contribution in [0.1, 0.15) is 46.5 Å². The highest BCUT2D eigenvalue weighted by Gasteiger charge is 2.32. The first-order chi connectivity index (χ1) is 10.9. The summed E-state index contributed by atoms with van der Waals surface area (Å²) in [6.45, 7) is 6.89. The summed E-state index contributed by atoms with van der Waals surface area (Å²) in [5.41, 5.74) is 1.22. The zero-order valence-electron chi connectivity index (χ0n) is 14.0. The number of para-hydroxylation sites is 2. The quantitative estimate of drug-likeness (QED) is 0.588. The van der Waals surface area contributed by atoms with Crippen LogP contribution >= 0.6 is 0 Å². The van der Waals surface area contributed by atoms with Crippen LogP contribution in [-0.2, 0) is 0 Å². The van der Waals surface area contributed by atoms with Crippen molar-refractivity contribution in [3.05, 3.63) is 29.2 Å². The standard InChI is InChI=1S/C17H25N4O2/c1-17(2,3)12-8-10-13(11-9-12)18-16-19-21(23)15-7-5-4-6-14(15)20(16)22/h4-7,12-13,22H,8-11H2,1-3H3,(H,18,19,23)/q+1/p+1. The predicted octanol–water partition coefficient (Wildman–Crippen LogP) is 2.62. The number of H-pyrrole nitrogens is 1. The van der Waals surface area contributed by atoms with Gasteiger partial charge in [0.2, 0.25) is 10.1 Å². The molecule has 6 nitrogen and oxygen atoms in total. The molecule has 3 rings (SSSR count). The van der Waals surface area contributed by atoms with E-state index in [9.17, 15) is 10.1 Å². The van der Waals surface area contributed by atoms with E-state index >= 15 is 0 Å². The number of fused-ring (bicyclic) bond motifs is 1. The van der Waals surface area contributed by atoms with Gasteiger partial charge >= 0.3 is 11.5 Å². The van der Waals surface area contributed by atoms with Gasteiger partial charge in [0.25, 0.3) is 0 Å². The minimum atomic E-state index is 0.268. The molecule has 0 spiro atoms. The van der Waals surface area contributed by atoms with Crippen molar-refractivity contribution >= 4 is 17.0 Å². The van der Waals surface area contributed by atoms with E-state index in [2.05, 4.69) is 31.2 Å². The van der Waals surface area contributed by atoms with Crippen molar-refractivity contribution in [1.82, 2.24) is 5.10 Å². The Morgan fingerprint density at radius 1 is 1.13 bits per heavy atom. The minimum absolute atomic E-state index is 0.268. The summed E-state index contributed by atoms with van der Waals surface area (Å²) in [6, 6.07) is 7.23. The SMILES string of the molecule is CC(C)(C)C1CCC(Nc2[nH][n+](=O)c3ccccc3[n+]2O)CC1. The molecule has 1 saturated carbocycles. The monoisotopic (exact) mass is 318 g/mol. The maximum absolute atomic E-state index is 12.1. The fourth-order valence-corrected chi connectivity index (χ4v) is 3.53. The Kier molecular flexibility index (Phi) is 4.00. The Morgan fingerprint density at radius 3 is 2.35 bits per heavy atom. The van der Waals surface area contributed by atoms with E-state index in [4.69, 9.17) is 0 Å². The summed E-state index contributed by atoms with van der Waals surface area (Å²) in [4.78, 5) is 12.1. The van der Waals surface area contributed by atoms with Gasteiger partial charge in [-0.05, 0) is 47.8 Å². The number of aromatic amines is 1. The number of nitrogens with one attached hydrogen (secondary N) is 2. The molecule has 0 atom stereocenters. The van der Waals surface area contributed by atoms with Gasteiger partial charge in [0.05, 0.1) is 10.9 Å². The molecule has 0 saturated heterocycles. The maximum Gasteiger partial charge on any atom is 0.449 e. The Labute approximate surface area is 135 Å². The summed E-state index contributed by atoms with van der Waals surface area (Å²) in [5.74, 6) is 1.06. The van der Waals surface area contributed by atoms with E-state index in [0.29, 0.717) is 26.9 Å². The number of aromatic nitrogens is 3. The minimum Gasteiger partial charge on any atom is -0.371 e. The van der Waals surface area contributed by atoms with Crippen LogP contribution in [0.3, 0.4) is 0 Å². The van der Waals surface area contributed by atoms with Crippen molar-refractivity contribution in [3.8, 4) is 0 Å². The molecule has 3 N–H and O–H groups in total. The summed E-state index contributed by atoms with van der Waals surface area (Å²) in [6.07, 6.45) is 4.41. The summed E-state index contributed by atoms with van der Waals surface area (Å²) < 4.78 is 1.71. The lowest BCUT2D eigenvalue weighted by Gasteiger charge is -2.36. The van der Waals surface area contributed by atoms with Gasteiger partial charge in [-0.3, -0.25) is 5.32 Å². The highest BCUT2D eigenvalue weighted by Crippen LogP contribution is 2.38. The molecule has 1 aliphatic rings. The number of hydrogen-bond acceptors (Lipinski definition) is 3. The molecule has 2 aromatic rings. The number of benzene rings is 1. The molecular weight excluding hydrogens is 292 g/mol. The molecule has 0 bridgehead atoms. The van der Waals surface area contributed by atoms with Crippen LogP contribution < -0.4 is 14.6 Å². The van der Waals surface area contributed by atoms with Gasteiger partial charge in [0, 0.05) is 11.2 Å². The van der Waals surface area contributed by atoms with E-state index in [1.165, 1.54) is 0 Å². The van der Waals surface area contributed by atoms with Gasteiger partial charge in [-0.15, -0.1) is 0 Å². The third-order valence-corrected chi connectivity index (χ3v) is 5.04. The molecule has 0 aliphatic heterocycles. The zero-order valence-corrected chi connectivity index (χ0v) is 14.0. The third-order valence-electron chi connectivity index (χ3n) is 5.04. The molecule has 0 amide bonds. The van der Waals surface area contributed by atoms with E-state index in [0.717, 1.165) is 36.3 Å². The summed E-state index contributed by atoms with van der Waals surface area (Å²) >= 11 is 0. The van der Waals surface area contributed by atoms with Crippen LogP contribution in [0.5, 0.6) is 0 Å². The Hall–Kier alpha value is -2.11. The first kappa shape index (κ1) is 15.8. The smallest absolute Gasteiger partial charge is 0.371 e. The van der Waals surface area contributed by atoms with E-state index in [1.807, 2.05) is 0 Å². The molecule has 1 aliphatic carbocycles. The number of rotatable bonds is 2. The van der Waals surface area contributed by atoms with Crippen LogP contribution in [0.2, 0.25) is 0 Å². The second-order valence-electron chi connectivity index (χ2n) is 7.61. The number of hydrogen-bond donors (Lipinski definition) is 3. The predicted molar refractivity (Wildman–Crippen MR) is 87.9 cm³/mol. The molecule has 0 unspecified atom stereocenters. The van der Waals surface area contributed by atoms with Crippen molar-refractivity contribution in [2.75, 3.05) is 5.32 Å². The average molecular weight is 318 g/mol. The zero-order chi connectivity index (χ0) is 16.6. The van der Waals surface area contributed by atoms with Crippen LogP contribution in [0.15, 0.2) is 24.3 Å². The molecule has 1 aromatic carbocycles. The summed E-state index contributed by atoms with van der Waals surface area (Å²) in [5, 5.41) is 16.3. The maximum atomic E-state index is 12.1. The first-order valence-electron chi connectivity index (χ1n) is 8.31. The molecule has 0 radical (unpaired) electrons. The lowest BCUT2D eigenvalue weighted by atomic mass is 9.71. The lowest BCUT2D eigenvalue weighted by molar-refractivity contribution is -0.881. The average Bonchev–Trinajstić information content (AvgIpc) is 2.52. The number of anilines is 1. The normalized spacial score (nSPS) is 22.2. The van der Waals surface area contributed by atoms with Crippen LogP contribution in [0, 0.1) is 16.2 Å². The van der Waals surface area contributed by atoms with Crippen LogP contribution in [0.4, 0.5) is 5.95 Å². The third kappa shape index (κ3) is 3.16. The Morgan fingerprint density at radius 2 is 1.74 bits per heavy atom. The van der Waals surface area contributed by atoms with Gasteiger partial charge in [-0.25, -0.2) is 0 Å². The fourth-order valence-electron chi connectivity index (χ4n) is 3.53. The molecule has 1 aromatic heterocycles. The largest absolute Gasteiger partial charge is 0.449 e. The fraction of sp³-hybridized carbons (Fsp3) is 0.588. The van der Waals surface area contributed by atoms with Crippen molar-refractivity contribution in [3.63, 3.8) is 0 Å². The van der Waals surface area contributed by atoms with Gasteiger partial charge in [-0.2, -0.15) is 0 Å². The lowest BCUT2D eigenvalue weighted by Crippen LogP contribution is -2.44. The van der Waals surface area contributed by atoms with Gasteiger partial charge in [-0.1, -0.05) is 32.9 Å². The van der Waals surface area contributed by atoms with E-state index < -0.39 is 0 Å².